The lowest BCUT2D eigenvalue weighted by molar-refractivity contribution is -0.325. The molecule has 7 rings (SSSR count). The summed E-state index contributed by atoms with van der Waals surface area (Å²) >= 11 is 0. The van der Waals surface area contributed by atoms with E-state index in [0.717, 1.165) is 33.4 Å². The van der Waals surface area contributed by atoms with Gasteiger partial charge in [-0.1, -0.05) is 187 Å². The van der Waals surface area contributed by atoms with Crippen LogP contribution in [-0.4, -0.2) is 74.2 Å². The molecule has 0 unspecified atom stereocenters. The molecule has 11 nitrogen and oxygen atoms in total. The van der Waals surface area contributed by atoms with Crippen molar-refractivity contribution >= 4 is 5.71 Å². The van der Waals surface area contributed by atoms with Gasteiger partial charge in [0.1, 0.15) is 42.3 Å². The summed E-state index contributed by atoms with van der Waals surface area (Å²) in [7, 11) is 1.55. The Balaban J connectivity index is 1.21. The van der Waals surface area contributed by atoms with Gasteiger partial charge in [0.15, 0.2) is 6.29 Å². The van der Waals surface area contributed by atoms with Gasteiger partial charge in [-0.25, -0.2) is 0 Å². The van der Waals surface area contributed by atoms with Gasteiger partial charge in [0.05, 0.1) is 66.2 Å². The van der Waals surface area contributed by atoms with Crippen LogP contribution in [0.1, 0.15) is 33.4 Å². The Morgan fingerprint density at radius 1 is 0.515 bits per heavy atom. The van der Waals surface area contributed by atoms with E-state index < -0.39 is 42.9 Å². The van der Waals surface area contributed by atoms with Crippen LogP contribution < -0.4 is 0 Å². The first kappa shape index (κ1) is 48.0. The number of nitrogens with zero attached hydrogens (tertiary/aromatic N) is 1. The SMILES string of the molecule is CO/C=C/[C@@H](OCc1ccccc1)[C@H](OCc1ccccc1)/C(CO[C@H]1O[C@H](COCc2ccccc2)[C@H](OCc2ccccc2)[C@H](OCc2ccccc2)[C@H]1OCc1ccccc1)=N/O. The third-order valence-corrected chi connectivity index (χ3v) is 11.0. The Hall–Kier alpha value is -5.99. The predicted molar refractivity (Wildman–Crippen MR) is 251 cm³/mol. The summed E-state index contributed by atoms with van der Waals surface area (Å²) in [6, 6.07) is 59.3. The van der Waals surface area contributed by atoms with Gasteiger partial charge >= 0.3 is 0 Å². The predicted octanol–water partition coefficient (Wildman–Crippen LogP) is 9.86. The largest absolute Gasteiger partial charge is 0.505 e. The number of ether oxygens (including phenoxy) is 9. The molecule has 1 saturated heterocycles. The van der Waals surface area contributed by atoms with Gasteiger partial charge in [-0.2, -0.15) is 0 Å². The van der Waals surface area contributed by atoms with Crippen molar-refractivity contribution in [3.05, 3.63) is 228 Å². The summed E-state index contributed by atoms with van der Waals surface area (Å²) in [4.78, 5) is 0. The van der Waals surface area contributed by atoms with Crippen molar-refractivity contribution in [2.45, 2.75) is 82.6 Å². The van der Waals surface area contributed by atoms with Crippen LogP contribution in [-0.2, 0) is 82.3 Å². The van der Waals surface area contributed by atoms with Crippen molar-refractivity contribution in [2.24, 2.45) is 5.16 Å². The third-order valence-electron chi connectivity index (χ3n) is 11.0. The second kappa shape index (κ2) is 26.8. The number of oxime groups is 1. The first-order chi connectivity index (χ1) is 32.7. The van der Waals surface area contributed by atoms with Crippen LogP contribution >= 0.6 is 0 Å². The standard InChI is InChI=1S/C55H59NO10/c1-58-33-32-49(60-35-43-22-10-3-11-23-43)51(61-36-44-24-12-4-13-25-44)48(56-57)40-65-55-54(64-39-47-30-18-7-19-31-47)53(63-38-46-28-16-6-17-29-46)52(62-37-45-26-14-5-15-27-45)50(66-55)41-59-34-42-20-8-2-9-21-42/h2-33,49-55,57H,34-41H2,1H3/b33-32+,56-48+/t49-,50-,51-,52+,53+,54-,55+/m1/s1. The fourth-order valence-corrected chi connectivity index (χ4v) is 7.52. The normalized spacial score (nSPS) is 19.7. The molecule has 0 aromatic heterocycles. The van der Waals surface area contributed by atoms with E-state index in [0.29, 0.717) is 6.61 Å². The average Bonchev–Trinajstić information content (AvgIpc) is 3.38. The van der Waals surface area contributed by atoms with Crippen LogP contribution in [0.5, 0.6) is 0 Å². The molecule has 6 aromatic rings. The molecular formula is C55H59NO10. The summed E-state index contributed by atoms with van der Waals surface area (Å²) in [6.07, 6.45) is -2.45. The fourth-order valence-electron chi connectivity index (χ4n) is 7.52. The van der Waals surface area contributed by atoms with Crippen molar-refractivity contribution < 1.29 is 47.8 Å². The molecule has 66 heavy (non-hydrogen) atoms. The van der Waals surface area contributed by atoms with E-state index >= 15 is 0 Å². The lowest BCUT2D eigenvalue weighted by Gasteiger charge is -2.46. The molecule has 1 aliphatic heterocycles. The van der Waals surface area contributed by atoms with E-state index in [1.165, 1.54) is 6.26 Å². The van der Waals surface area contributed by atoms with Crippen molar-refractivity contribution in [1.29, 1.82) is 0 Å². The van der Waals surface area contributed by atoms with E-state index in [1.54, 1.807) is 13.2 Å². The number of benzene rings is 6. The first-order valence-electron chi connectivity index (χ1n) is 22.2. The molecule has 1 fully saturated rings. The Kier molecular flexibility index (Phi) is 19.5. The van der Waals surface area contributed by atoms with Crippen LogP contribution in [0.3, 0.4) is 0 Å². The molecule has 0 spiro atoms. The van der Waals surface area contributed by atoms with E-state index in [-0.39, 0.29) is 52.0 Å². The maximum absolute atomic E-state index is 10.8. The van der Waals surface area contributed by atoms with Gasteiger partial charge in [-0.3, -0.25) is 0 Å². The highest BCUT2D eigenvalue weighted by Crippen LogP contribution is 2.32. The Bertz CT molecular complexity index is 2270. The second-order valence-electron chi connectivity index (χ2n) is 15.8. The minimum absolute atomic E-state index is 0.145. The molecule has 11 heteroatoms. The summed E-state index contributed by atoms with van der Waals surface area (Å²) < 4.78 is 59.0. The molecule has 1 heterocycles. The molecule has 7 atom stereocenters. The quantitative estimate of drug-likeness (QED) is 0.0244. The fraction of sp³-hybridized carbons (Fsp3) is 0.291. The number of methoxy groups -OCH3 is 1. The molecule has 6 aromatic carbocycles. The highest BCUT2D eigenvalue weighted by atomic mass is 16.7. The maximum atomic E-state index is 10.8. The Morgan fingerprint density at radius 3 is 1.38 bits per heavy atom. The molecule has 0 aliphatic carbocycles. The summed E-state index contributed by atoms with van der Waals surface area (Å²) in [6.45, 7) is 1.47. The monoisotopic (exact) mass is 893 g/mol. The van der Waals surface area contributed by atoms with Gasteiger partial charge in [-0.05, 0) is 39.5 Å². The van der Waals surface area contributed by atoms with Gasteiger partial charge in [0.25, 0.3) is 0 Å². The molecule has 0 bridgehead atoms. The van der Waals surface area contributed by atoms with Gasteiger partial charge in [0.2, 0.25) is 0 Å². The second-order valence-corrected chi connectivity index (χ2v) is 15.8. The summed E-state index contributed by atoms with van der Waals surface area (Å²) in [5, 5.41) is 14.6. The van der Waals surface area contributed by atoms with Crippen molar-refractivity contribution in [3.63, 3.8) is 0 Å². The third kappa shape index (κ3) is 15.0. The van der Waals surface area contributed by atoms with Gasteiger partial charge in [0, 0.05) is 0 Å². The van der Waals surface area contributed by atoms with Crippen LogP contribution in [0, 0.1) is 0 Å². The van der Waals surface area contributed by atoms with Crippen LogP contribution in [0.15, 0.2) is 199 Å². The average molecular weight is 894 g/mol. The maximum Gasteiger partial charge on any atom is 0.187 e. The minimum Gasteiger partial charge on any atom is -0.505 e. The smallest absolute Gasteiger partial charge is 0.187 e. The lowest BCUT2D eigenvalue weighted by Crippen LogP contribution is -2.62. The van der Waals surface area contributed by atoms with Crippen molar-refractivity contribution in [1.82, 2.24) is 0 Å². The molecule has 344 valence electrons. The van der Waals surface area contributed by atoms with Crippen molar-refractivity contribution in [2.75, 3.05) is 20.3 Å². The van der Waals surface area contributed by atoms with E-state index in [2.05, 4.69) is 5.16 Å². The number of rotatable bonds is 26. The molecule has 0 amide bonds. The zero-order chi connectivity index (χ0) is 45.4. The van der Waals surface area contributed by atoms with Crippen LogP contribution in [0.2, 0.25) is 0 Å². The Labute approximate surface area is 388 Å². The Morgan fingerprint density at radius 2 is 0.924 bits per heavy atom. The van der Waals surface area contributed by atoms with Crippen LogP contribution in [0.4, 0.5) is 0 Å². The number of hydrogen-bond donors (Lipinski definition) is 1. The van der Waals surface area contributed by atoms with Gasteiger partial charge in [-0.15, -0.1) is 0 Å². The van der Waals surface area contributed by atoms with Crippen LogP contribution in [0.25, 0.3) is 0 Å². The lowest BCUT2D eigenvalue weighted by atomic mass is 9.97. The number of hydrogen-bond acceptors (Lipinski definition) is 11. The van der Waals surface area contributed by atoms with Gasteiger partial charge < -0.3 is 47.8 Å². The van der Waals surface area contributed by atoms with E-state index in [4.69, 9.17) is 42.6 Å². The zero-order valence-corrected chi connectivity index (χ0v) is 37.2. The van der Waals surface area contributed by atoms with E-state index in [9.17, 15) is 5.21 Å². The van der Waals surface area contributed by atoms with Crippen molar-refractivity contribution in [3.8, 4) is 0 Å². The highest BCUT2D eigenvalue weighted by molar-refractivity contribution is 5.90. The molecule has 0 saturated carbocycles. The minimum atomic E-state index is -1.07. The molecule has 1 aliphatic rings. The van der Waals surface area contributed by atoms with E-state index in [1.807, 2.05) is 182 Å². The summed E-state index contributed by atoms with van der Waals surface area (Å²) in [5.41, 5.74) is 5.94. The highest BCUT2D eigenvalue weighted by Gasteiger charge is 2.49. The zero-order valence-electron chi connectivity index (χ0n) is 37.2. The first-order valence-corrected chi connectivity index (χ1v) is 22.2. The molecule has 0 radical (unpaired) electrons. The topological polar surface area (TPSA) is 116 Å². The molecular weight excluding hydrogens is 835 g/mol. The molecule has 1 N–H and O–H groups in total. The summed E-state index contributed by atoms with van der Waals surface area (Å²) in [5.74, 6) is 0.